The standard InChI is InChI=1S/C14H16ClN3O2/c1-9-13(8-19)10(2)18(17-9)7-14(20)16-12-5-3-11(15)4-6-12/h3-6,19H,7-8H2,1-2H3,(H,16,20). The highest BCUT2D eigenvalue weighted by Gasteiger charge is 2.13. The molecule has 6 heteroatoms. The van der Waals surface area contributed by atoms with Crippen molar-refractivity contribution in [1.82, 2.24) is 9.78 Å². The van der Waals surface area contributed by atoms with Gasteiger partial charge in [0.25, 0.3) is 0 Å². The summed E-state index contributed by atoms with van der Waals surface area (Å²) in [6, 6.07) is 6.90. The van der Waals surface area contributed by atoms with Crippen molar-refractivity contribution in [1.29, 1.82) is 0 Å². The Bertz CT molecular complexity index is 620. The number of carbonyl (C=O) groups excluding carboxylic acids is 1. The highest BCUT2D eigenvalue weighted by atomic mass is 35.5. The number of nitrogens with one attached hydrogen (secondary N) is 1. The number of aliphatic hydroxyl groups is 1. The van der Waals surface area contributed by atoms with Gasteiger partial charge in [-0.3, -0.25) is 9.48 Å². The summed E-state index contributed by atoms with van der Waals surface area (Å²) in [6.45, 7) is 3.68. The largest absolute Gasteiger partial charge is 0.392 e. The Hall–Kier alpha value is -1.85. The molecule has 106 valence electrons. The van der Waals surface area contributed by atoms with Crippen LogP contribution in [0.1, 0.15) is 17.0 Å². The first-order chi connectivity index (χ1) is 9.51. The summed E-state index contributed by atoms with van der Waals surface area (Å²) in [5, 5.41) is 16.9. The Labute approximate surface area is 122 Å². The van der Waals surface area contributed by atoms with Crippen molar-refractivity contribution in [2.24, 2.45) is 0 Å². The Morgan fingerprint density at radius 2 is 2.00 bits per heavy atom. The summed E-state index contributed by atoms with van der Waals surface area (Å²) in [4.78, 5) is 12.0. The van der Waals surface area contributed by atoms with Gasteiger partial charge in [-0.25, -0.2) is 0 Å². The normalized spacial score (nSPS) is 10.6. The van der Waals surface area contributed by atoms with Gasteiger partial charge >= 0.3 is 0 Å². The van der Waals surface area contributed by atoms with Crippen LogP contribution in [0.25, 0.3) is 0 Å². The highest BCUT2D eigenvalue weighted by molar-refractivity contribution is 6.30. The Kier molecular flexibility index (Phi) is 4.42. The molecule has 0 spiro atoms. The van der Waals surface area contributed by atoms with Gasteiger partial charge in [0.1, 0.15) is 6.54 Å². The second kappa shape index (κ2) is 6.07. The van der Waals surface area contributed by atoms with E-state index in [2.05, 4.69) is 10.4 Å². The maximum atomic E-state index is 12.0. The van der Waals surface area contributed by atoms with Crippen molar-refractivity contribution in [3.05, 3.63) is 46.2 Å². The van der Waals surface area contributed by atoms with Crippen molar-refractivity contribution in [2.75, 3.05) is 5.32 Å². The number of rotatable bonds is 4. The zero-order valence-corrected chi connectivity index (χ0v) is 12.1. The second-order valence-corrected chi connectivity index (χ2v) is 4.96. The fourth-order valence-corrected chi connectivity index (χ4v) is 2.11. The van der Waals surface area contributed by atoms with Gasteiger partial charge in [0.05, 0.1) is 12.3 Å². The van der Waals surface area contributed by atoms with Crippen molar-refractivity contribution < 1.29 is 9.90 Å². The monoisotopic (exact) mass is 293 g/mol. The van der Waals surface area contributed by atoms with Crippen LogP contribution in [-0.2, 0) is 17.9 Å². The van der Waals surface area contributed by atoms with E-state index >= 15 is 0 Å². The number of aliphatic hydroxyl groups excluding tert-OH is 1. The number of aryl methyl sites for hydroxylation is 1. The lowest BCUT2D eigenvalue weighted by molar-refractivity contribution is -0.116. The van der Waals surface area contributed by atoms with Crippen LogP contribution in [0.15, 0.2) is 24.3 Å². The fourth-order valence-electron chi connectivity index (χ4n) is 1.99. The molecule has 0 radical (unpaired) electrons. The predicted molar refractivity (Wildman–Crippen MR) is 77.7 cm³/mol. The smallest absolute Gasteiger partial charge is 0.246 e. The van der Waals surface area contributed by atoms with Crippen molar-refractivity contribution >= 4 is 23.2 Å². The van der Waals surface area contributed by atoms with Crippen LogP contribution in [0, 0.1) is 13.8 Å². The van der Waals surface area contributed by atoms with Crippen LogP contribution in [-0.4, -0.2) is 20.8 Å². The number of benzene rings is 1. The minimum Gasteiger partial charge on any atom is -0.392 e. The molecule has 0 aliphatic carbocycles. The van der Waals surface area contributed by atoms with Crippen LogP contribution in [0.4, 0.5) is 5.69 Å². The second-order valence-electron chi connectivity index (χ2n) is 4.52. The summed E-state index contributed by atoms with van der Waals surface area (Å²) in [7, 11) is 0. The van der Waals surface area contributed by atoms with E-state index < -0.39 is 0 Å². The molecule has 0 aliphatic heterocycles. The first-order valence-electron chi connectivity index (χ1n) is 6.20. The molecule has 0 saturated heterocycles. The Balaban J connectivity index is 2.06. The molecule has 0 bridgehead atoms. The lowest BCUT2D eigenvalue weighted by Crippen LogP contribution is -2.20. The number of anilines is 1. The summed E-state index contributed by atoms with van der Waals surface area (Å²) in [5.74, 6) is -0.178. The maximum absolute atomic E-state index is 12.0. The van der Waals surface area contributed by atoms with Crippen LogP contribution < -0.4 is 5.32 Å². The van der Waals surface area contributed by atoms with E-state index in [1.807, 2.05) is 13.8 Å². The number of halogens is 1. The zero-order chi connectivity index (χ0) is 14.7. The van der Waals surface area contributed by atoms with Gasteiger partial charge < -0.3 is 10.4 Å². The Morgan fingerprint density at radius 1 is 1.35 bits per heavy atom. The molecule has 5 nitrogen and oxygen atoms in total. The van der Waals surface area contributed by atoms with E-state index in [1.54, 1.807) is 28.9 Å². The van der Waals surface area contributed by atoms with Gasteiger partial charge in [0, 0.05) is 22.0 Å². The lowest BCUT2D eigenvalue weighted by atomic mass is 10.2. The zero-order valence-electron chi connectivity index (χ0n) is 11.4. The molecule has 1 aromatic carbocycles. The molecule has 0 aliphatic rings. The van der Waals surface area contributed by atoms with Crippen LogP contribution >= 0.6 is 11.6 Å². The number of aromatic nitrogens is 2. The summed E-state index contributed by atoms with van der Waals surface area (Å²) < 4.78 is 1.59. The minimum atomic E-state index is -0.178. The number of nitrogens with zero attached hydrogens (tertiary/aromatic N) is 2. The molecular formula is C14H16ClN3O2. The molecule has 1 heterocycles. The van der Waals surface area contributed by atoms with Gasteiger partial charge in [0.15, 0.2) is 0 Å². The molecule has 2 rings (SSSR count). The molecule has 1 amide bonds. The molecule has 1 aromatic heterocycles. The lowest BCUT2D eigenvalue weighted by Gasteiger charge is -2.07. The summed E-state index contributed by atoms with van der Waals surface area (Å²) >= 11 is 5.78. The Morgan fingerprint density at radius 3 is 2.55 bits per heavy atom. The first-order valence-corrected chi connectivity index (χ1v) is 6.58. The third-order valence-corrected chi connectivity index (χ3v) is 3.36. The molecule has 20 heavy (non-hydrogen) atoms. The fraction of sp³-hybridized carbons (Fsp3) is 0.286. The van der Waals surface area contributed by atoms with Gasteiger partial charge in [-0.15, -0.1) is 0 Å². The SMILES string of the molecule is Cc1nn(CC(=O)Nc2ccc(Cl)cc2)c(C)c1CO. The third-order valence-electron chi connectivity index (χ3n) is 3.11. The van der Waals surface area contributed by atoms with Crippen LogP contribution in [0.2, 0.25) is 5.02 Å². The minimum absolute atomic E-state index is 0.0729. The number of hydrogen-bond acceptors (Lipinski definition) is 3. The molecule has 0 fully saturated rings. The van der Waals surface area contributed by atoms with E-state index in [0.29, 0.717) is 10.7 Å². The van der Waals surface area contributed by atoms with Crippen LogP contribution in [0.5, 0.6) is 0 Å². The van der Waals surface area contributed by atoms with Crippen molar-refractivity contribution in [2.45, 2.75) is 27.0 Å². The molecule has 0 atom stereocenters. The average Bonchev–Trinajstić information content (AvgIpc) is 2.67. The first kappa shape index (κ1) is 14.6. The van der Waals surface area contributed by atoms with Crippen molar-refractivity contribution in [3.63, 3.8) is 0 Å². The van der Waals surface area contributed by atoms with Gasteiger partial charge in [0.2, 0.25) is 5.91 Å². The van der Waals surface area contributed by atoms with Gasteiger partial charge in [-0.2, -0.15) is 5.10 Å². The van der Waals surface area contributed by atoms with E-state index in [-0.39, 0.29) is 19.1 Å². The quantitative estimate of drug-likeness (QED) is 0.909. The molecule has 0 saturated carbocycles. The molecule has 2 aromatic rings. The summed E-state index contributed by atoms with van der Waals surface area (Å²) in [6.07, 6.45) is 0. The number of amides is 1. The number of carbonyl (C=O) groups is 1. The van der Waals surface area contributed by atoms with Gasteiger partial charge in [-0.05, 0) is 38.1 Å². The molecule has 0 unspecified atom stereocenters. The van der Waals surface area contributed by atoms with E-state index in [9.17, 15) is 9.90 Å². The third kappa shape index (κ3) is 3.18. The average molecular weight is 294 g/mol. The number of hydrogen-bond donors (Lipinski definition) is 2. The topological polar surface area (TPSA) is 67.2 Å². The predicted octanol–water partition coefficient (Wildman–Crippen LogP) is 2.28. The van der Waals surface area contributed by atoms with Crippen LogP contribution in [0.3, 0.4) is 0 Å². The highest BCUT2D eigenvalue weighted by Crippen LogP contribution is 2.15. The summed E-state index contributed by atoms with van der Waals surface area (Å²) in [5.41, 5.74) is 2.99. The maximum Gasteiger partial charge on any atom is 0.246 e. The van der Waals surface area contributed by atoms with E-state index in [1.165, 1.54) is 0 Å². The molecule has 2 N–H and O–H groups in total. The van der Waals surface area contributed by atoms with Gasteiger partial charge in [-0.1, -0.05) is 11.6 Å². The molecular weight excluding hydrogens is 278 g/mol. The van der Waals surface area contributed by atoms with E-state index in [4.69, 9.17) is 11.6 Å². The van der Waals surface area contributed by atoms with E-state index in [0.717, 1.165) is 17.0 Å². The van der Waals surface area contributed by atoms with Crippen molar-refractivity contribution in [3.8, 4) is 0 Å².